The molecular weight excluding hydrogens is 660 g/mol. The van der Waals surface area contributed by atoms with Crippen LogP contribution in [0.3, 0.4) is 0 Å². The summed E-state index contributed by atoms with van der Waals surface area (Å²) in [5, 5.41) is 0. The van der Waals surface area contributed by atoms with Crippen molar-refractivity contribution in [3.63, 3.8) is 0 Å². The van der Waals surface area contributed by atoms with E-state index < -0.39 is 11.2 Å². The summed E-state index contributed by atoms with van der Waals surface area (Å²) >= 11 is 3.48. The van der Waals surface area contributed by atoms with E-state index in [2.05, 4.69) is 48.0 Å². The highest BCUT2D eigenvalue weighted by molar-refractivity contribution is 9.10. The average Bonchev–Trinajstić information content (AvgIpc) is 3.80. The number of carbonyl (C=O) groups is 2. The molecule has 0 aromatic carbocycles. The molecule has 4 aliphatic rings. The van der Waals surface area contributed by atoms with Gasteiger partial charge in [-0.05, 0) is 119 Å². The minimum atomic E-state index is -0.469. The number of carbonyl (C=O) groups excluding carboxylic acids is 2. The zero-order chi connectivity index (χ0) is 33.5. The lowest BCUT2D eigenvalue weighted by Crippen LogP contribution is -2.40. The molecule has 6 unspecified atom stereocenters. The molecule has 250 valence electrons. The van der Waals surface area contributed by atoms with Crippen molar-refractivity contribution in [2.45, 2.75) is 127 Å². The van der Waals surface area contributed by atoms with Crippen molar-refractivity contribution < 1.29 is 19.1 Å². The smallest absolute Gasteiger partial charge is 0.410 e. The minimum absolute atomic E-state index is 0.166. The standard InChI is InChI=1S/C20H24N4O2.C16H21BrN2O2/c1-20(2,3)26-19(25)24-16-4-5-18(24)17(7-16)14-6-13(8-21-9-14)15-10-22-12-23-11-15;1-16(2,3)21-15(20)19-12-4-5-14(19)13(7-12)10-6-11(17)9-18-8-10/h6,8-12,16-18H,4-5,7H2,1-3H3;6,8-9,12-14H,4-5,7H2,1-3H3. The fourth-order valence-corrected chi connectivity index (χ4v) is 8.17. The summed E-state index contributed by atoms with van der Waals surface area (Å²) in [7, 11) is 0. The Balaban J connectivity index is 0.000000168. The van der Waals surface area contributed by atoms with Gasteiger partial charge in [-0.25, -0.2) is 19.6 Å². The molecule has 4 aliphatic heterocycles. The van der Waals surface area contributed by atoms with Crippen molar-refractivity contribution in [1.82, 2.24) is 29.7 Å². The topological polar surface area (TPSA) is 111 Å². The Labute approximate surface area is 285 Å². The molecule has 0 saturated carbocycles. The molecule has 2 amide bonds. The maximum Gasteiger partial charge on any atom is 0.410 e. The molecule has 3 aromatic rings. The molecule has 4 bridgehead atoms. The molecule has 0 radical (unpaired) electrons. The first-order chi connectivity index (χ1) is 22.3. The van der Waals surface area contributed by atoms with Gasteiger partial charge in [0.25, 0.3) is 0 Å². The molecule has 47 heavy (non-hydrogen) atoms. The maximum absolute atomic E-state index is 12.7. The van der Waals surface area contributed by atoms with Crippen molar-refractivity contribution in [2.24, 2.45) is 0 Å². The first-order valence-corrected chi connectivity index (χ1v) is 17.4. The van der Waals surface area contributed by atoms with Crippen molar-refractivity contribution in [3.8, 4) is 11.1 Å². The van der Waals surface area contributed by atoms with Gasteiger partial charge in [0.1, 0.15) is 17.5 Å². The highest BCUT2D eigenvalue weighted by atomic mass is 79.9. The number of halogens is 1. The minimum Gasteiger partial charge on any atom is -0.444 e. The largest absolute Gasteiger partial charge is 0.444 e. The first kappa shape index (κ1) is 33.3. The number of fused-ring (bicyclic) bond motifs is 4. The van der Waals surface area contributed by atoms with Crippen LogP contribution >= 0.6 is 15.9 Å². The van der Waals surface area contributed by atoms with Crippen LogP contribution in [0.5, 0.6) is 0 Å². The molecule has 7 rings (SSSR count). The van der Waals surface area contributed by atoms with Crippen LogP contribution in [-0.2, 0) is 9.47 Å². The Hall–Kier alpha value is -3.60. The van der Waals surface area contributed by atoms with Crippen LogP contribution < -0.4 is 0 Å². The summed E-state index contributed by atoms with van der Waals surface area (Å²) in [6.45, 7) is 11.5. The van der Waals surface area contributed by atoms with E-state index in [1.807, 2.05) is 69.9 Å². The molecule has 4 fully saturated rings. The fourth-order valence-electron chi connectivity index (χ4n) is 7.79. The molecule has 11 heteroatoms. The predicted molar refractivity (Wildman–Crippen MR) is 182 cm³/mol. The van der Waals surface area contributed by atoms with E-state index in [0.717, 1.165) is 54.1 Å². The van der Waals surface area contributed by atoms with Crippen molar-refractivity contribution in [1.29, 1.82) is 0 Å². The predicted octanol–water partition coefficient (Wildman–Crippen LogP) is 7.89. The van der Waals surface area contributed by atoms with E-state index in [1.165, 1.54) is 17.5 Å². The molecule has 7 heterocycles. The van der Waals surface area contributed by atoms with E-state index in [9.17, 15) is 9.59 Å². The second-order valence-electron chi connectivity index (χ2n) is 15.1. The Morgan fingerprint density at radius 1 is 0.660 bits per heavy atom. The van der Waals surface area contributed by atoms with Gasteiger partial charge in [0.15, 0.2) is 0 Å². The summed E-state index contributed by atoms with van der Waals surface area (Å²) < 4.78 is 12.2. The monoisotopic (exact) mass is 704 g/mol. The molecular formula is C36H45BrN6O4. The Kier molecular flexibility index (Phi) is 9.30. The van der Waals surface area contributed by atoms with E-state index >= 15 is 0 Å². The quantitative estimate of drug-likeness (QED) is 0.271. The van der Waals surface area contributed by atoms with Gasteiger partial charge in [0.2, 0.25) is 0 Å². The Bertz CT molecular complexity index is 1590. The van der Waals surface area contributed by atoms with E-state index in [-0.39, 0.29) is 30.3 Å². The second kappa shape index (κ2) is 13.1. The molecule has 0 spiro atoms. The van der Waals surface area contributed by atoms with Gasteiger partial charge in [-0.15, -0.1) is 0 Å². The van der Waals surface area contributed by atoms with E-state index in [0.29, 0.717) is 17.9 Å². The molecule has 10 nitrogen and oxygen atoms in total. The van der Waals surface area contributed by atoms with Crippen LogP contribution in [0.15, 0.2) is 60.1 Å². The van der Waals surface area contributed by atoms with Gasteiger partial charge in [0.05, 0.1) is 0 Å². The molecule has 0 N–H and O–H groups in total. The van der Waals surface area contributed by atoms with Gasteiger partial charge in [-0.3, -0.25) is 9.97 Å². The highest BCUT2D eigenvalue weighted by Crippen LogP contribution is 2.48. The van der Waals surface area contributed by atoms with Crippen LogP contribution in [0.1, 0.15) is 103 Å². The molecule has 3 aromatic heterocycles. The summed E-state index contributed by atoms with van der Waals surface area (Å²) in [4.78, 5) is 45.9. The Morgan fingerprint density at radius 2 is 1.13 bits per heavy atom. The van der Waals surface area contributed by atoms with Crippen molar-refractivity contribution >= 4 is 28.1 Å². The Morgan fingerprint density at radius 3 is 1.62 bits per heavy atom. The van der Waals surface area contributed by atoms with Gasteiger partial charge in [-0.1, -0.05) is 0 Å². The van der Waals surface area contributed by atoms with E-state index in [1.54, 1.807) is 18.6 Å². The molecule has 0 aliphatic carbocycles. The van der Waals surface area contributed by atoms with Crippen LogP contribution in [-0.4, -0.2) is 77.3 Å². The lowest BCUT2D eigenvalue weighted by atomic mass is 9.84. The zero-order valence-electron chi connectivity index (χ0n) is 28.1. The third-order valence-electron chi connectivity index (χ3n) is 9.52. The fraction of sp³-hybridized carbons (Fsp3) is 0.556. The molecule has 4 saturated heterocycles. The third kappa shape index (κ3) is 7.45. The lowest BCUT2D eigenvalue weighted by Gasteiger charge is -2.28. The third-order valence-corrected chi connectivity index (χ3v) is 9.95. The van der Waals surface area contributed by atoms with Gasteiger partial charge < -0.3 is 19.3 Å². The number of hydrogen-bond donors (Lipinski definition) is 0. The normalized spacial score (nSPS) is 26.2. The summed E-state index contributed by atoms with van der Waals surface area (Å²) in [6, 6.07) is 5.30. The number of aromatic nitrogens is 4. The number of nitrogens with zero attached hydrogens (tertiary/aromatic N) is 6. The van der Waals surface area contributed by atoms with E-state index in [4.69, 9.17) is 9.47 Å². The summed E-state index contributed by atoms with van der Waals surface area (Å²) in [5.41, 5.74) is 3.44. The SMILES string of the molecule is CC(C)(C)OC(=O)N1C2CCC1C(c1cncc(-c3cncnc3)c1)C2.CC(C)(C)OC(=O)N1C2CCC1C(c1cncc(Br)c1)C2. The van der Waals surface area contributed by atoms with Crippen LogP contribution in [0.2, 0.25) is 0 Å². The summed E-state index contributed by atoms with van der Waals surface area (Å²) in [5.74, 6) is 0.680. The highest BCUT2D eigenvalue weighted by Gasteiger charge is 2.51. The average molecular weight is 706 g/mol. The second-order valence-corrected chi connectivity index (χ2v) is 16.0. The first-order valence-electron chi connectivity index (χ1n) is 16.6. The van der Waals surface area contributed by atoms with Crippen molar-refractivity contribution in [3.05, 3.63) is 71.2 Å². The maximum atomic E-state index is 12.7. The zero-order valence-corrected chi connectivity index (χ0v) is 29.7. The van der Waals surface area contributed by atoms with Crippen LogP contribution in [0.4, 0.5) is 9.59 Å². The lowest BCUT2D eigenvalue weighted by molar-refractivity contribution is 0.0201. The van der Waals surface area contributed by atoms with Gasteiger partial charge in [-0.2, -0.15) is 0 Å². The number of amides is 2. The molecule has 6 atom stereocenters. The van der Waals surface area contributed by atoms with Crippen LogP contribution in [0, 0.1) is 0 Å². The number of ether oxygens (including phenoxy) is 2. The van der Waals surface area contributed by atoms with Crippen LogP contribution in [0.25, 0.3) is 11.1 Å². The summed E-state index contributed by atoms with van der Waals surface area (Å²) in [6.07, 6.45) is 18.4. The number of rotatable bonds is 3. The van der Waals surface area contributed by atoms with Crippen molar-refractivity contribution in [2.75, 3.05) is 0 Å². The van der Waals surface area contributed by atoms with Gasteiger partial charge in [0, 0.05) is 88.8 Å². The van der Waals surface area contributed by atoms with Gasteiger partial charge >= 0.3 is 12.2 Å². The number of pyridine rings is 2. The number of hydrogen-bond acceptors (Lipinski definition) is 8.